The average molecular weight is 205 g/mol. The molecule has 0 atom stereocenters. The van der Waals surface area contributed by atoms with Gasteiger partial charge in [0.2, 0.25) is 0 Å². The highest BCUT2D eigenvalue weighted by atomic mass is 16.5. The topological polar surface area (TPSA) is 29.5 Å². The third kappa shape index (κ3) is 3.85. The molecular formula is C12H15NO2. The van der Waals surface area contributed by atoms with E-state index in [-0.39, 0.29) is 0 Å². The number of nitrogens with zero attached hydrogens (tertiary/aromatic N) is 1. The Labute approximate surface area is 90.0 Å². The van der Waals surface area contributed by atoms with Crippen LogP contribution in [0.5, 0.6) is 5.75 Å². The molecule has 0 fully saturated rings. The molecule has 0 aliphatic heterocycles. The summed E-state index contributed by atoms with van der Waals surface area (Å²) >= 11 is 0. The lowest BCUT2D eigenvalue weighted by Crippen LogP contribution is -2.07. The van der Waals surface area contributed by atoms with E-state index in [4.69, 9.17) is 4.74 Å². The first-order chi connectivity index (χ1) is 7.11. The van der Waals surface area contributed by atoms with E-state index in [2.05, 4.69) is 0 Å². The summed E-state index contributed by atoms with van der Waals surface area (Å²) in [5, 5.41) is 0. The lowest BCUT2D eigenvalue weighted by molar-refractivity contribution is -0.106. The Hall–Kier alpha value is -1.77. The molecule has 0 heterocycles. The van der Waals surface area contributed by atoms with E-state index < -0.39 is 0 Å². The van der Waals surface area contributed by atoms with E-state index in [0.29, 0.717) is 17.8 Å². The van der Waals surface area contributed by atoms with Crippen molar-refractivity contribution in [3.63, 3.8) is 0 Å². The average Bonchev–Trinajstić information content (AvgIpc) is 2.16. The molecule has 0 unspecified atom stereocenters. The Morgan fingerprint density at radius 3 is 2.67 bits per heavy atom. The Morgan fingerprint density at radius 1 is 1.40 bits per heavy atom. The monoisotopic (exact) mass is 205 g/mol. The van der Waals surface area contributed by atoms with Gasteiger partial charge in [-0.25, -0.2) is 0 Å². The second-order valence-corrected chi connectivity index (χ2v) is 3.53. The normalized spacial score (nSPS) is 11.0. The van der Waals surface area contributed by atoms with E-state index in [0.717, 1.165) is 5.56 Å². The van der Waals surface area contributed by atoms with Gasteiger partial charge in [-0.2, -0.15) is 0 Å². The van der Waals surface area contributed by atoms with E-state index in [1.165, 1.54) is 0 Å². The highest BCUT2D eigenvalue weighted by Crippen LogP contribution is 2.14. The summed E-state index contributed by atoms with van der Waals surface area (Å²) < 4.78 is 5.41. The predicted molar refractivity (Wildman–Crippen MR) is 59.6 cm³/mol. The van der Waals surface area contributed by atoms with Gasteiger partial charge < -0.3 is 9.64 Å². The summed E-state index contributed by atoms with van der Waals surface area (Å²) in [5.74, 6) is 0.973. The van der Waals surface area contributed by atoms with Crippen LogP contribution >= 0.6 is 0 Å². The van der Waals surface area contributed by atoms with Crippen LogP contribution in [0.3, 0.4) is 0 Å². The van der Waals surface area contributed by atoms with Crippen molar-refractivity contribution < 1.29 is 9.53 Å². The summed E-state index contributed by atoms with van der Waals surface area (Å²) in [7, 11) is 3.67. The van der Waals surface area contributed by atoms with Crippen molar-refractivity contribution in [3.8, 4) is 5.75 Å². The number of hydrogen-bond donors (Lipinski definition) is 0. The zero-order valence-corrected chi connectivity index (χ0v) is 9.23. The number of allylic oxidation sites excluding steroid dienone is 1. The lowest BCUT2D eigenvalue weighted by atomic mass is 10.2. The molecular weight excluding hydrogens is 190 g/mol. The minimum atomic E-state index is 0.297. The van der Waals surface area contributed by atoms with Crippen LogP contribution in [0.25, 0.3) is 0 Å². The van der Waals surface area contributed by atoms with Crippen LogP contribution < -0.4 is 4.74 Å². The number of carbonyl (C=O) groups excluding carboxylic acids is 1. The summed E-state index contributed by atoms with van der Waals surface area (Å²) in [6.07, 6.45) is 2.33. The molecule has 0 aliphatic carbocycles. The Morgan fingerprint density at radius 2 is 2.13 bits per heavy atom. The van der Waals surface area contributed by atoms with Crippen molar-refractivity contribution in [3.05, 3.63) is 41.8 Å². The zero-order chi connectivity index (χ0) is 11.3. The Balaban J connectivity index is 2.80. The van der Waals surface area contributed by atoms with Crippen molar-refractivity contribution in [1.82, 2.24) is 4.90 Å². The number of aldehydes is 1. The van der Waals surface area contributed by atoms with Gasteiger partial charge in [-0.3, -0.25) is 4.79 Å². The molecule has 0 amide bonds. The number of aryl methyl sites for hydroxylation is 1. The van der Waals surface area contributed by atoms with Crippen molar-refractivity contribution >= 4 is 6.29 Å². The lowest BCUT2D eigenvalue weighted by Gasteiger charge is -2.09. The summed E-state index contributed by atoms with van der Waals surface area (Å²) in [5.41, 5.74) is 1.10. The molecule has 0 aromatic heterocycles. The van der Waals surface area contributed by atoms with Crippen LogP contribution in [-0.4, -0.2) is 25.3 Å². The number of rotatable bonds is 4. The predicted octanol–water partition coefficient (Wildman–Crippen LogP) is 1.98. The number of hydrogen-bond acceptors (Lipinski definition) is 3. The van der Waals surface area contributed by atoms with Crippen LogP contribution in [-0.2, 0) is 4.79 Å². The number of ether oxygens (including phenoxy) is 1. The molecule has 0 aliphatic rings. The van der Waals surface area contributed by atoms with Gasteiger partial charge in [-0.15, -0.1) is 0 Å². The number of benzene rings is 1. The second-order valence-electron chi connectivity index (χ2n) is 3.53. The van der Waals surface area contributed by atoms with Gasteiger partial charge in [0.25, 0.3) is 0 Å². The molecule has 0 N–H and O–H groups in total. The van der Waals surface area contributed by atoms with Crippen molar-refractivity contribution in [1.29, 1.82) is 0 Å². The first kappa shape index (κ1) is 11.3. The van der Waals surface area contributed by atoms with Crippen LogP contribution in [0.4, 0.5) is 0 Å². The van der Waals surface area contributed by atoms with E-state index >= 15 is 0 Å². The smallest absolute Gasteiger partial charge is 0.186 e. The summed E-state index contributed by atoms with van der Waals surface area (Å²) in [4.78, 5) is 12.5. The van der Waals surface area contributed by atoms with Gasteiger partial charge in [-0.1, -0.05) is 12.1 Å². The van der Waals surface area contributed by atoms with Crippen molar-refractivity contribution in [2.24, 2.45) is 0 Å². The van der Waals surface area contributed by atoms with Gasteiger partial charge >= 0.3 is 0 Å². The zero-order valence-electron chi connectivity index (χ0n) is 9.23. The molecule has 1 aromatic carbocycles. The quantitative estimate of drug-likeness (QED) is 0.427. The minimum absolute atomic E-state index is 0.297. The largest absolute Gasteiger partial charge is 0.452 e. The Kier molecular flexibility index (Phi) is 3.92. The van der Waals surface area contributed by atoms with E-state index in [1.807, 2.05) is 45.3 Å². The third-order valence-electron chi connectivity index (χ3n) is 1.73. The molecule has 0 bridgehead atoms. The summed E-state index contributed by atoms with van der Waals surface area (Å²) in [6, 6.07) is 7.57. The maximum atomic E-state index is 10.7. The fourth-order valence-electron chi connectivity index (χ4n) is 1.15. The van der Waals surface area contributed by atoms with E-state index in [1.54, 1.807) is 11.1 Å². The molecule has 15 heavy (non-hydrogen) atoms. The van der Waals surface area contributed by atoms with Crippen LogP contribution in [0.2, 0.25) is 0 Å². The maximum Gasteiger partial charge on any atom is 0.186 e. The van der Waals surface area contributed by atoms with Crippen molar-refractivity contribution in [2.45, 2.75) is 6.92 Å². The highest BCUT2D eigenvalue weighted by molar-refractivity contribution is 5.70. The molecule has 0 saturated heterocycles. The minimum Gasteiger partial charge on any atom is -0.452 e. The molecule has 0 radical (unpaired) electrons. The van der Waals surface area contributed by atoms with E-state index in [9.17, 15) is 4.79 Å². The summed E-state index contributed by atoms with van der Waals surface area (Å²) in [6.45, 7) is 1.98. The standard InChI is InChI=1S/C12H15NO2/c1-10-5-4-6-11(7-10)15-12(9-14)8-13(2)3/h4-9H,1-3H3/b12-8-. The van der Waals surface area contributed by atoms with Gasteiger partial charge in [0.05, 0.1) is 0 Å². The molecule has 1 aromatic rings. The van der Waals surface area contributed by atoms with Crippen molar-refractivity contribution in [2.75, 3.05) is 14.1 Å². The third-order valence-corrected chi connectivity index (χ3v) is 1.73. The van der Waals surface area contributed by atoms with Crippen LogP contribution in [0.1, 0.15) is 5.56 Å². The molecule has 80 valence electrons. The number of carbonyl (C=O) groups is 1. The maximum absolute atomic E-state index is 10.7. The second kappa shape index (κ2) is 5.20. The SMILES string of the molecule is Cc1cccc(O/C(C=O)=C\N(C)C)c1. The fourth-order valence-corrected chi connectivity index (χ4v) is 1.15. The molecule has 0 saturated carbocycles. The fraction of sp³-hybridized carbons (Fsp3) is 0.250. The Bertz CT molecular complexity index is 370. The first-order valence-electron chi connectivity index (χ1n) is 4.70. The van der Waals surface area contributed by atoms with Gasteiger partial charge in [-0.05, 0) is 24.6 Å². The highest BCUT2D eigenvalue weighted by Gasteiger charge is 1.99. The van der Waals surface area contributed by atoms with Crippen LogP contribution in [0, 0.1) is 6.92 Å². The van der Waals surface area contributed by atoms with Gasteiger partial charge in [0.15, 0.2) is 12.0 Å². The first-order valence-corrected chi connectivity index (χ1v) is 4.70. The molecule has 0 spiro atoms. The van der Waals surface area contributed by atoms with Gasteiger partial charge in [0.1, 0.15) is 5.75 Å². The van der Waals surface area contributed by atoms with Gasteiger partial charge in [0, 0.05) is 20.3 Å². The van der Waals surface area contributed by atoms with Crippen LogP contribution in [0.15, 0.2) is 36.2 Å². The molecule has 3 nitrogen and oxygen atoms in total. The molecule has 1 rings (SSSR count). The molecule has 3 heteroatoms.